The molecule has 7 atom stereocenters. The summed E-state index contributed by atoms with van der Waals surface area (Å²) in [7, 11) is -4.09. The van der Waals surface area contributed by atoms with E-state index in [4.69, 9.17) is 18.9 Å². The molecule has 2 saturated carbocycles. The number of rotatable bonds is 8. The normalized spacial score (nSPS) is 29.8. The Hall–Kier alpha value is -4.81. The van der Waals surface area contributed by atoms with Crippen molar-refractivity contribution in [3.63, 3.8) is 0 Å². The number of amides is 4. The van der Waals surface area contributed by atoms with Crippen LogP contribution in [0, 0.1) is 17.8 Å². The number of aromatic nitrogens is 1. The number of carbonyl (C=O) groups is 4. The molecule has 1 aromatic carbocycles. The minimum absolute atomic E-state index is 0.0380. The standard InChI is InChI=1S/C41H52F3N5O10S/c1-6-24-19-23(2)9-7-8-10-25-21-40(25,36(52)48-60(54,55)39(5)14-15-39)47-33(50)29-20-26(22-49(29)35(51)31(24)46-37(53)59-38(3,4)41(42,43)44)58-34-28-11-12-30-32(57-18-17-56-30)27(28)13-16-45-34/h8,10-13,16,23-26,29,31H,6-7,9,14-15,17-22H2,1-5H3,(H,46,53)(H,47,50)(H,48,52)/b10-8-/t23-,24+,25+,26+,29-,31-,40+/m0/s1. The van der Waals surface area contributed by atoms with Crippen molar-refractivity contribution in [3.05, 3.63) is 36.5 Å². The predicted octanol–water partition coefficient (Wildman–Crippen LogP) is 5.07. The van der Waals surface area contributed by atoms with Crippen LogP contribution in [0.1, 0.15) is 86.0 Å². The van der Waals surface area contributed by atoms with Crippen molar-refractivity contribution in [2.24, 2.45) is 17.8 Å². The lowest BCUT2D eigenvalue weighted by molar-refractivity contribution is -0.244. The zero-order valence-electron chi connectivity index (χ0n) is 34.2. The average molecular weight is 864 g/mol. The molecule has 5 aliphatic rings. The number of hydrogen-bond donors (Lipinski definition) is 3. The Morgan fingerprint density at radius 1 is 1.08 bits per heavy atom. The van der Waals surface area contributed by atoms with Crippen molar-refractivity contribution < 1.29 is 59.7 Å². The van der Waals surface area contributed by atoms with Gasteiger partial charge < -0.3 is 34.5 Å². The van der Waals surface area contributed by atoms with E-state index in [2.05, 4.69) is 20.3 Å². The SMILES string of the molecule is CC[C@@H]1C[C@@H](C)CC/C=C\[C@@H]2C[C@@]2(C(=O)NS(=O)(=O)C2(C)CC2)NC(=O)[C@@H]2C[C@@H](Oc3nccc4c5c(ccc34)OCCO5)CN2C(=O)[C@H]1NC(=O)OC(C)(C)C(F)(F)F. The molecular weight excluding hydrogens is 812 g/mol. The highest BCUT2D eigenvalue weighted by molar-refractivity contribution is 7.91. The second kappa shape index (κ2) is 15.9. The zero-order chi connectivity index (χ0) is 43.4. The van der Waals surface area contributed by atoms with Gasteiger partial charge in [-0.2, -0.15) is 13.2 Å². The fourth-order valence-electron chi connectivity index (χ4n) is 8.25. The summed E-state index contributed by atoms with van der Waals surface area (Å²) < 4.78 is 91.9. The highest BCUT2D eigenvalue weighted by Crippen LogP contribution is 2.48. The van der Waals surface area contributed by atoms with E-state index >= 15 is 0 Å². The van der Waals surface area contributed by atoms with Crippen molar-refractivity contribution in [2.75, 3.05) is 19.8 Å². The van der Waals surface area contributed by atoms with E-state index in [0.717, 1.165) is 0 Å². The van der Waals surface area contributed by atoms with Crippen molar-refractivity contribution >= 4 is 44.6 Å². The number of carbonyl (C=O) groups excluding carboxylic acids is 4. The fraction of sp³-hybridized carbons (Fsp3) is 0.634. The lowest BCUT2D eigenvalue weighted by Crippen LogP contribution is -2.60. The van der Waals surface area contributed by atoms with Gasteiger partial charge in [0, 0.05) is 29.3 Å². The van der Waals surface area contributed by atoms with Gasteiger partial charge in [0.15, 0.2) is 11.5 Å². The van der Waals surface area contributed by atoms with Gasteiger partial charge in [-0.15, -0.1) is 0 Å². The van der Waals surface area contributed by atoms with Crippen LogP contribution in [0.5, 0.6) is 17.4 Å². The summed E-state index contributed by atoms with van der Waals surface area (Å²) >= 11 is 0. The highest BCUT2D eigenvalue weighted by atomic mass is 32.2. The number of alkyl carbamates (subject to hydrolysis) is 1. The third-order valence-electron chi connectivity index (χ3n) is 12.6. The molecule has 2 aliphatic carbocycles. The van der Waals surface area contributed by atoms with Crippen molar-refractivity contribution in [1.29, 1.82) is 0 Å². The predicted molar refractivity (Wildman–Crippen MR) is 210 cm³/mol. The summed E-state index contributed by atoms with van der Waals surface area (Å²) in [4.78, 5) is 62.4. The van der Waals surface area contributed by atoms with E-state index in [1.54, 1.807) is 31.2 Å². The second-order valence-electron chi connectivity index (χ2n) is 17.5. The summed E-state index contributed by atoms with van der Waals surface area (Å²) in [5, 5.41) is 6.46. The molecule has 3 N–H and O–H groups in total. The number of halogens is 3. The third kappa shape index (κ3) is 8.42. The summed E-state index contributed by atoms with van der Waals surface area (Å²) in [6, 6.07) is 2.44. The monoisotopic (exact) mass is 863 g/mol. The lowest BCUT2D eigenvalue weighted by Gasteiger charge is -2.35. The van der Waals surface area contributed by atoms with Crippen molar-refractivity contribution in [3.8, 4) is 17.4 Å². The highest BCUT2D eigenvalue weighted by Gasteiger charge is 2.63. The molecule has 4 amide bonds. The van der Waals surface area contributed by atoms with Crippen LogP contribution in [0.4, 0.5) is 18.0 Å². The van der Waals surface area contributed by atoms with Gasteiger partial charge in [-0.05, 0) is 89.3 Å². The molecule has 19 heteroatoms. The molecular formula is C41H52F3N5O10S. The Bertz CT molecular complexity index is 2180. The Morgan fingerprint density at radius 3 is 2.52 bits per heavy atom. The number of sulfonamides is 1. The van der Waals surface area contributed by atoms with Crippen LogP contribution in [-0.2, 0) is 29.1 Å². The smallest absolute Gasteiger partial charge is 0.427 e. The lowest BCUT2D eigenvalue weighted by atomic mass is 9.85. The minimum Gasteiger partial charge on any atom is -0.486 e. The molecule has 0 radical (unpaired) electrons. The van der Waals surface area contributed by atoms with Crippen LogP contribution in [0.25, 0.3) is 10.8 Å². The number of fused-ring (bicyclic) bond motifs is 5. The van der Waals surface area contributed by atoms with Gasteiger partial charge in [-0.3, -0.25) is 19.1 Å². The number of ether oxygens (including phenoxy) is 4. The maximum absolute atomic E-state index is 14.9. The van der Waals surface area contributed by atoms with Crippen LogP contribution >= 0.6 is 0 Å². The molecule has 7 rings (SSSR count). The minimum atomic E-state index is -4.92. The molecule has 0 unspecified atom stereocenters. The third-order valence-corrected chi connectivity index (χ3v) is 14.8. The van der Waals surface area contributed by atoms with Gasteiger partial charge in [-0.1, -0.05) is 32.4 Å². The number of hydrogen-bond acceptors (Lipinski definition) is 11. The molecule has 1 aromatic heterocycles. The van der Waals surface area contributed by atoms with E-state index in [0.29, 0.717) is 87.9 Å². The molecule has 0 spiro atoms. The molecule has 3 fully saturated rings. The van der Waals surface area contributed by atoms with Crippen LogP contribution in [0.3, 0.4) is 0 Å². The van der Waals surface area contributed by atoms with Gasteiger partial charge in [0.2, 0.25) is 33.3 Å². The first kappa shape index (κ1) is 43.3. The van der Waals surface area contributed by atoms with Crippen LogP contribution in [0.2, 0.25) is 0 Å². The first-order chi connectivity index (χ1) is 28.2. The molecule has 4 heterocycles. The molecule has 60 heavy (non-hydrogen) atoms. The van der Waals surface area contributed by atoms with Gasteiger partial charge in [-0.25, -0.2) is 18.2 Å². The largest absolute Gasteiger partial charge is 0.486 e. The Balaban J connectivity index is 1.24. The van der Waals surface area contributed by atoms with Crippen molar-refractivity contribution in [2.45, 2.75) is 126 Å². The number of benzene rings is 1. The molecule has 2 aromatic rings. The van der Waals surface area contributed by atoms with Crippen molar-refractivity contribution in [1.82, 2.24) is 25.2 Å². The quantitative estimate of drug-likeness (QED) is 0.301. The number of alkyl halides is 3. The Labute approximate surface area is 346 Å². The average Bonchev–Trinajstić information content (AvgIpc) is 4.07. The fourth-order valence-corrected chi connectivity index (χ4v) is 9.56. The maximum Gasteiger partial charge on any atom is 0.427 e. The molecule has 15 nitrogen and oxygen atoms in total. The van der Waals surface area contributed by atoms with Crippen LogP contribution in [-0.4, -0.2) is 102 Å². The Morgan fingerprint density at radius 2 is 1.82 bits per heavy atom. The molecule has 3 aliphatic heterocycles. The molecule has 0 bridgehead atoms. The van der Waals surface area contributed by atoms with E-state index in [1.165, 1.54) is 18.0 Å². The van der Waals surface area contributed by atoms with Gasteiger partial charge in [0.25, 0.3) is 5.91 Å². The first-order valence-corrected chi connectivity index (χ1v) is 21.9. The van der Waals surface area contributed by atoms with E-state index in [1.807, 2.05) is 13.0 Å². The number of allylic oxidation sites excluding steroid dienone is 1. The summed E-state index contributed by atoms with van der Waals surface area (Å²) in [5.74, 6) is -2.42. The number of pyridine rings is 1. The summed E-state index contributed by atoms with van der Waals surface area (Å²) in [6.45, 7) is 7.18. The maximum atomic E-state index is 14.9. The number of nitrogens with one attached hydrogen (secondary N) is 3. The van der Waals surface area contributed by atoms with Gasteiger partial charge in [0.05, 0.1) is 11.3 Å². The zero-order valence-corrected chi connectivity index (χ0v) is 35.0. The van der Waals surface area contributed by atoms with E-state index < -0.39 is 85.9 Å². The molecule has 1 saturated heterocycles. The summed E-state index contributed by atoms with van der Waals surface area (Å²) in [5.41, 5.74) is -4.54. The van der Waals surface area contributed by atoms with Gasteiger partial charge >= 0.3 is 12.3 Å². The van der Waals surface area contributed by atoms with Gasteiger partial charge in [0.1, 0.15) is 36.9 Å². The van der Waals surface area contributed by atoms with Crippen LogP contribution in [0.15, 0.2) is 36.5 Å². The second-order valence-corrected chi connectivity index (χ2v) is 19.7. The first-order valence-electron chi connectivity index (χ1n) is 20.4. The topological polar surface area (TPSA) is 192 Å². The summed E-state index contributed by atoms with van der Waals surface area (Å²) in [6.07, 6.45) is 0.510. The number of nitrogens with zero attached hydrogens (tertiary/aromatic N) is 2. The van der Waals surface area contributed by atoms with E-state index in [9.17, 15) is 40.8 Å². The van der Waals surface area contributed by atoms with Crippen LogP contribution < -0.4 is 29.6 Å². The Kier molecular flexibility index (Phi) is 11.5. The van der Waals surface area contributed by atoms with E-state index in [-0.39, 0.29) is 31.2 Å². The molecule has 328 valence electrons.